The summed E-state index contributed by atoms with van der Waals surface area (Å²) in [5, 5.41) is 4.44. The van der Waals surface area contributed by atoms with Crippen LogP contribution in [-0.4, -0.2) is 38.1 Å². The molecule has 1 aliphatic carbocycles. The lowest BCUT2D eigenvalue weighted by atomic mass is 9.78. The van der Waals surface area contributed by atoms with Gasteiger partial charge in [-0.25, -0.2) is 15.0 Å². The molecule has 0 unspecified atom stereocenters. The molecular formula is C16H18N6O2. The van der Waals surface area contributed by atoms with E-state index in [9.17, 15) is 4.79 Å². The number of nitrogens with one attached hydrogen (secondary N) is 3. The van der Waals surface area contributed by atoms with Gasteiger partial charge in [0.25, 0.3) is 5.56 Å². The van der Waals surface area contributed by atoms with Crippen molar-refractivity contribution in [1.29, 1.82) is 0 Å². The quantitative estimate of drug-likeness (QED) is 0.656. The minimum absolute atomic E-state index is 0.131. The summed E-state index contributed by atoms with van der Waals surface area (Å²) in [6, 6.07) is 3.85. The van der Waals surface area contributed by atoms with Crippen LogP contribution in [0.3, 0.4) is 0 Å². The number of ether oxygens (including phenoxy) is 1. The zero-order valence-corrected chi connectivity index (χ0v) is 13.2. The second kappa shape index (κ2) is 6.04. The summed E-state index contributed by atoms with van der Waals surface area (Å²) in [5.74, 6) is 1.69. The van der Waals surface area contributed by atoms with Gasteiger partial charge in [0, 0.05) is 31.3 Å². The summed E-state index contributed by atoms with van der Waals surface area (Å²) < 4.78 is 5.04. The number of rotatable bonds is 5. The molecule has 0 bridgehead atoms. The number of fused-ring (bicyclic) bond motifs is 1. The number of hydrogen-bond donors (Lipinski definition) is 3. The predicted molar refractivity (Wildman–Crippen MR) is 88.8 cm³/mol. The number of aromatic nitrogens is 5. The third-order valence-corrected chi connectivity index (χ3v) is 4.34. The molecule has 0 radical (unpaired) electrons. The Morgan fingerprint density at radius 3 is 3.08 bits per heavy atom. The van der Waals surface area contributed by atoms with Gasteiger partial charge >= 0.3 is 0 Å². The summed E-state index contributed by atoms with van der Waals surface area (Å²) in [7, 11) is 1.58. The van der Waals surface area contributed by atoms with E-state index in [1.807, 2.05) is 12.3 Å². The van der Waals surface area contributed by atoms with Crippen molar-refractivity contribution >= 4 is 16.9 Å². The average Bonchev–Trinajstić information content (AvgIpc) is 2.99. The van der Waals surface area contributed by atoms with Crippen molar-refractivity contribution in [2.45, 2.75) is 31.4 Å². The monoisotopic (exact) mass is 326 g/mol. The van der Waals surface area contributed by atoms with Gasteiger partial charge in [0.05, 0.1) is 11.1 Å². The molecule has 1 aliphatic rings. The van der Waals surface area contributed by atoms with Gasteiger partial charge in [-0.15, -0.1) is 0 Å². The largest absolute Gasteiger partial charge is 0.377 e. The summed E-state index contributed by atoms with van der Waals surface area (Å²) in [6.07, 6.45) is 5.23. The topological polar surface area (TPSA) is 109 Å². The second-order valence-electron chi connectivity index (χ2n) is 6.02. The molecule has 0 amide bonds. The Morgan fingerprint density at radius 1 is 1.38 bits per heavy atom. The molecule has 8 nitrogen and oxygen atoms in total. The van der Waals surface area contributed by atoms with E-state index in [1.54, 1.807) is 19.5 Å². The zero-order chi connectivity index (χ0) is 16.5. The summed E-state index contributed by atoms with van der Waals surface area (Å²) in [5.41, 5.74) is 1.52. The lowest BCUT2D eigenvalue weighted by molar-refractivity contribution is 0.177. The van der Waals surface area contributed by atoms with Crippen molar-refractivity contribution in [2.75, 3.05) is 12.4 Å². The first-order chi connectivity index (χ1) is 11.7. The number of aromatic amines is 2. The average molecular weight is 326 g/mol. The highest BCUT2D eigenvalue weighted by Gasteiger charge is 2.32. The Labute approximate surface area is 137 Å². The van der Waals surface area contributed by atoms with Gasteiger partial charge in [0.15, 0.2) is 0 Å². The predicted octanol–water partition coefficient (Wildman–Crippen LogP) is 1.55. The van der Waals surface area contributed by atoms with Gasteiger partial charge in [0.2, 0.25) is 0 Å². The fraction of sp³-hybridized carbons (Fsp3) is 0.375. The molecule has 0 aliphatic heterocycles. The Hall–Kier alpha value is -2.74. The Morgan fingerprint density at radius 2 is 2.25 bits per heavy atom. The van der Waals surface area contributed by atoms with Crippen LogP contribution in [0.2, 0.25) is 0 Å². The highest BCUT2D eigenvalue weighted by molar-refractivity contribution is 5.86. The van der Waals surface area contributed by atoms with Crippen molar-refractivity contribution in [3.05, 3.63) is 46.5 Å². The van der Waals surface area contributed by atoms with Crippen LogP contribution in [0.4, 0.5) is 5.82 Å². The van der Waals surface area contributed by atoms with Crippen molar-refractivity contribution in [3.8, 4) is 0 Å². The van der Waals surface area contributed by atoms with Crippen LogP contribution in [-0.2, 0) is 11.3 Å². The fourth-order valence-corrected chi connectivity index (χ4v) is 3.10. The van der Waals surface area contributed by atoms with Gasteiger partial charge in [-0.3, -0.25) is 4.79 Å². The number of hydrogen-bond acceptors (Lipinski definition) is 6. The van der Waals surface area contributed by atoms with E-state index in [0.717, 1.165) is 35.4 Å². The Bertz CT molecular complexity index is 912. The first-order valence-corrected chi connectivity index (χ1v) is 7.86. The molecule has 1 saturated carbocycles. The van der Waals surface area contributed by atoms with Crippen molar-refractivity contribution in [1.82, 2.24) is 24.9 Å². The molecule has 3 aromatic rings. The standard InChI is InChI=1S/C16H18N6O2/c1-24-7-13-21-12(6-14(23)22-13)9-4-10(5-9)20-16-11-2-3-17-15(11)18-8-19-16/h2-3,6,8-10H,4-5,7H2,1H3,(H,21,22,23)(H2,17,18,19,20). The zero-order valence-electron chi connectivity index (χ0n) is 13.2. The minimum Gasteiger partial charge on any atom is -0.377 e. The number of nitrogens with zero attached hydrogens (tertiary/aromatic N) is 3. The first-order valence-electron chi connectivity index (χ1n) is 7.86. The van der Waals surface area contributed by atoms with Crippen LogP contribution in [0.25, 0.3) is 11.0 Å². The van der Waals surface area contributed by atoms with Crippen LogP contribution < -0.4 is 10.9 Å². The molecule has 3 N–H and O–H groups in total. The maximum Gasteiger partial charge on any atom is 0.251 e. The van der Waals surface area contributed by atoms with E-state index < -0.39 is 0 Å². The van der Waals surface area contributed by atoms with Crippen LogP contribution >= 0.6 is 0 Å². The first kappa shape index (κ1) is 14.8. The van der Waals surface area contributed by atoms with E-state index >= 15 is 0 Å². The Kier molecular flexibility index (Phi) is 3.73. The third kappa shape index (κ3) is 2.76. The summed E-state index contributed by atoms with van der Waals surface area (Å²) >= 11 is 0. The molecule has 0 aromatic carbocycles. The van der Waals surface area contributed by atoms with Gasteiger partial charge in [-0.05, 0) is 18.9 Å². The number of methoxy groups -OCH3 is 1. The smallest absolute Gasteiger partial charge is 0.251 e. The van der Waals surface area contributed by atoms with Gasteiger partial charge in [0.1, 0.15) is 30.2 Å². The molecule has 24 heavy (non-hydrogen) atoms. The molecule has 1 fully saturated rings. The number of H-pyrrole nitrogens is 2. The SMILES string of the molecule is COCc1nc(C2CC(Nc3ncnc4[nH]ccc34)C2)cc(=O)[nH]1. The molecule has 0 saturated heterocycles. The van der Waals surface area contributed by atoms with Crippen LogP contribution in [0.1, 0.15) is 30.3 Å². The Balaban J connectivity index is 1.45. The number of anilines is 1. The molecule has 124 valence electrons. The van der Waals surface area contributed by atoms with E-state index in [4.69, 9.17) is 4.74 Å². The molecule has 3 aromatic heterocycles. The highest BCUT2D eigenvalue weighted by atomic mass is 16.5. The highest BCUT2D eigenvalue weighted by Crippen LogP contribution is 2.37. The third-order valence-electron chi connectivity index (χ3n) is 4.34. The summed E-state index contributed by atoms with van der Waals surface area (Å²) in [4.78, 5) is 30.5. The molecule has 8 heteroatoms. The van der Waals surface area contributed by atoms with Crippen molar-refractivity contribution < 1.29 is 4.74 Å². The van der Waals surface area contributed by atoms with Crippen molar-refractivity contribution in [3.63, 3.8) is 0 Å². The van der Waals surface area contributed by atoms with E-state index in [0.29, 0.717) is 18.5 Å². The normalized spacial score (nSPS) is 20.0. The lowest BCUT2D eigenvalue weighted by Gasteiger charge is -2.35. The maximum absolute atomic E-state index is 11.7. The van der Waals surface area contributed by atoms with Gasteiger partial charge in [-0.1, -0.05) is 0 Å². The van der Waals surface area contributed by atoms with E-state index in [2.05, 4.69) is 30.2 Å². The fourth-order valence-electron chi connectivity index (χ4n) is 3.10. The van der Waals surface area contributed by atoms with Gasteiger partial charge in [-0.2, -0.15) is 0 Å². The van der Waals surface area contributed by atoms with Crippen molar-refractivity contribution in [2.24, 2.45) is 0 Å². The molecular weight excluding hydrogens is 308 g/mol. The van der Waals surface area contributed by atoms with Crippen LogP contribution in [0.15, 0.2) is 29.5 Å². The molecule has 3 heterocycles. The summed E-state index contributed by atoms with van der Waals surface area (Å²) in [6.45, 7) is 0.309. The molecule has 4 rings (SSSR count). The van der Waals surface area contributed by atoms with Crippen LogP contribution in [0, 0.1) is 0 Å². The maximum atomic E-state index is 11.7. The second-order valence-corrected chi connectivity index (χ2v) is 6.02. The minimum atomic E-state index is -0.131. The molecule has 0 spiro atoms. The molecule has 0 atom stereocenters. The van der Waals surface area contributed by atoms with Gasteiger partial charge < -0.3 is 20.0 Å². The van der Waals surface area contributed by atoms with Crippen LogP contribution in [0.5, 0.6) is 0 Å². The lowest BCUT2D eigenvalue weighted by Crippen LogP contribution is -2.35. The van der Waals surface area contributed by atoms with E-state index in [1.165, 1.54) is 0 Å². The van der Waals surface area contributed by atoms with E-state index in [-0.39, 0.29) is 11.5 Å².